The summed E-state index contributed by atoms with van der Waals surface area (Å²) < 4.78 is -0.244. The first-order valence-electron chi connectivity index (χ1n) is 3.96. The first kappa shape index (κ1) is 11.8. The van der Waals surface area contributed by atoms with E-state index in [1.54, 1.807) is 0 Å². The van der Waals surface area contributed by atoms with Crippen LogP contribution in [0.3, 0.4) is 0 Å². The second-order valence-corrected chi connectivity index (χ2v) is 4.94. The molecule has 4 nitrogen and oxygen atoms in total. The molecule has 0 fully saturated rings. The van der Waals surface area contributed by atoms with E-state index in [1.165, 1.54) is 4.68 Å². The van der Waals surface area contributed by atoms with Crippen molar-refractivity contribution in [1.29, 1.82) is 0 Å². The van der Waals surface area contributed by atoms with Gasteiger partial charge in [0.1, 0.15) is 5.69 Å². The third-order valence-electron chi connectivity index (χ3n) is 1.58. The Morgan fingerprint density at radius 1 is 1.50 bits per heavy atom. The fourth-order valence-corrected chi connectivity index (χ4v) is 1.65. The van der Waals surface area contributed by atoms with Crippen LogP contribution in [-0.2, 0) is 10.3 Å². The van der Waals surface area contributed by atoms with Crippen LogP contribution in [0.2, 0.25) is 0 Å². The molecular formula is C7H8Cl3N3O. The first-order valence-corrected chi connectivity index (χ1v) is 5.10. The van der Waals surface area contributed by atoms with Gasteiger partial charge in [-0.1, -0.05) is 46.9 Å². The molecule has 1 heterocycles. The van der Waals surface area contributed by atoms with Crippen LogP contribution in [0.25, 0.3) is 0 Å². The number of aldehydes is 1. The van der Waals surface area contributed by atoms with E-state index in [9.17, 15) is 4.79 Å². The maximum Gasteiger partial charge on any atom is 0.234 e. The lowest BCUT2D eigenvalue weighted by Crippen LogP contribution is -2.13. The van der Waals surface area contributed by atoms with E-state index in [2.05, 4.69) is 10.3 Å². The Kier molecular flexibility index (Phi) is 3.75. The summed E-state index contributed by atoms with van der Waals surface area (Å²) in [5.41, 5.74) is 0.290. The molecule has 0 atom stereocenters. The van der Waals surface area contributed by atoms with Gasteiger partial charge in [0.05, 0.1) is 0 Å². The normalized spacial score (nSPS) is 11.7. The molecule has 14 heavy (non-hydrogen) atoms. The number of alkyl halides is 3. The van der Waals surface area contributed by atoms with Crippen molar-refractivity contribution < 1.29 is 4.79 Å². The largest absolute Gasteiger partial charge is 0.296 e. The van der Waals surface area contributed by atoms with Gasteiger partial charge >= 0.3 is 0 Å². The molecule has 1 aromatic heterocycles. The van der Waals surface area contributed by atoms with Gasteiger partial charge in [-0.15, -0.1) is 5.10 Å². The van der Waals surface area contributed by atoms with E-state index in [-0.39, 0.29) is 11.4 Å². The van der Waals surface area contributed by atoms with E-state index >= 15 is 0 Å². The summed E-state index contributed by atoms with van der Waals surface area (Å²) in [6.07, 6.45) is 1.34. The van der Waals surface area contributed by atoms with Gasteiger partial charge in [-0.05, 0) is 6.42 Å². The Morgan fingerprint density at radius 2 is 2.14 bits per heavy atom. The number of carbonyl (C=O) groups excluding carboxylic acids is 1. The Morgan fingerprint density at radius 3 is 2.57 bits per heavy atom. The van der Waals surface area contributed by atoms with E-state index in [0.29, 0.717) is 12.8 Å². The molecule has 0 saturated heterocycles. The van der Waals surface area contributed by atoms with Crippen molar-refractivity contribution in [3.8, 4) is 0 Å². The van der Waals surface area contributed by atoms with Gasteiger partial charge in [0, 0.05) is 6.54 Å². The number of aryl methyl sites for hydroxylation is 1. The van der Waals surface area contributed by atoms with E-state index < -0.39 is 3.79 Å². The number of halogens is 3. The Bertz CT molecular complexity index is 331. The van der Waals surface area contributed by atoms with Crippen LogP contribution in [0.5, 0.6) is 0 Å². The predicted octanol–water partition coefficient (Wildman–Crippen LogP) is 2.33. The summed E-state index contributed by atoms with van der Waals surface area (Å²) in [6.45, 7) is 2.51. The maximum absolute atomic E-state index is 10.6. The summed E-state index contributed by atoms with van der Waals surface area (Å²) in [5.74, 6) is 0. The predicted molar refractivity (Wildman–Crippen MR) is 54.9 cm³/mol. The van der Waals surface area contributed by atoms with Gasteiger partial charge in [-0.3, -0.25) is 4.79 Å². The minimum atomic E-state index is -1.67. The summed E-state index contributed by atoms with van der Waals surface area (Å²) in [4.78, 5) is 10.6. The molecule has 0 amide bonds. The lowest BCUT2D eigenvalue weighted by molar-refractivity contribution is 0.111. The Hall–Kier alpha value is -0.320. The van der Waals surface area contributed by atoms with Crippen molar-refractivity contribution in [2.24, 2.45) is 0 Å². The van der Waals surface area contributed by atoms with Gasteiger partial charge in [-0.25, -0.2) is 4.68 Å². The van der Waals surface area contributed by atoms with Gasteiger partial charge in [0.15, 0.2) is 12.0 Å². The fraction of sp³-hybridized carbons (Fsp3) is 0.571. The topological polar surface area (TPSA) is 47.8 Å². The second kappa shape index (κ2) is 4.47. The number of carbonyl (C=O) groups is 1. The molecule has 0 aliphatic carbocycles. The molecule has 1 aromatic rings. The van der Waals surface area contributed by atoms with Crippen molar-refractivity contribution in [3.05, 3.63) is 11.4 Å². The molecule has 78 valence electrons. The van der Waals surface area contributed by atoms with Gasteiger partial charge in [-0.2, -0.15) is 0 Å². The summed E-state index contributed by atoms with van der Waals surface area (Å²) in [6, 6.07) is 0. The highest BCUT2D eigenvalue weighted by molar-refractivity contribution is 6.66. The molecule has 0 radical (unpaired) electrons. The zero-order valence-electron chi connectivity index (χ0n) is 7.38. The Labute approximate surface area is 96.1 Å². The molecule has 0 unspecified atom stereocenters. The van der Waals surface area contributed by atoms with Gasteiger partial charge < -0.3 is 0 Å². The van der Waals surface area contributed by atoms with Crippen molar-refractivity contribution in [1.82, 2.24) is 15.0 Å². The lowest BCUT2D eigenvalue weighted by atomic mass is 10.3. The van der Waals surface area contributed by atoms with Gasteiger partial charge in [0.25, 0.3) is 0 Å². The smallest absolute Gasteiger partial charge is 0.234 e. The van der Waals surface area contributed by atoms with E-state index in [1.807, 2.05) is 6.92 Å². The van der Waals surface area contributed by atoms with Crippen molar-refractivity contribution in [2.75, 3.05) is 0 Å². The first-order chi connectivity index (χ1) is 6.50. The number of hydrogen-bond donors (Lipinski definition) is 0. The molecule has 1 rings (SSSR count). The van der Waals surface area contributed by atoms with Crippen LogP contribution in [0, 0.1) is 0 Å². The number of aromatic nitrogens is 3. The third-order valence-corrected chi connectivity index (χ3v) is 2.11. The molecular weight excluding hydrogens is 248 g/mol. The second-order valence-electron chi connectivity index (χ2n) is 2.66. The summed E-state index contributed by atoms with van der Waals surface area (Å²) in [5, 5.41) is 7.34. The van der Waals surface area contributed by atoms with Crippen molar-refractivity contribution in [3.63, 3.8) is 0 Å². The highest BCUT2D eigenvalue weighted by Gasteiger charge is 2.32. The maximum atomic E-state index is 10.6. The monoisotopic (exact) mass is 255 g/mol. The molecule has 0 saturated carbocycles. The Balaban J connectivity index is 3.19. The minimum Gasteiger partial charge on any atom is -0.296 e. The van der Waals surface area contributed by atoms with Crippen LogP contribution in [0.15, 0.2) is 0 Å². The molecule has 0 aromatic carbocycles. The zero-order valence-corrected chi connectivity index (χ0v) is 9.64. The van der Waals surface area contributed by atoms with Crippen LogP contribution in [0.1, 0.15) is 29.5 Å². The quantitative estimate of drug-likeness (QED) is 0.616. The fourth-order valence-electron chi connectivity index (χ4n) is 1.07. The van der Waals surface area contributed by atoms with Crippen molar-refractivity contribution >= 4 is 41.1 Å². The minimum absolute atomic E-state index is 0.0680. The highest BCUT2D eigenvalue weighted by atomic mass is 35.6. The lowest BCUT2D eigenvalue weighted by Gasteiger charge is -2.12. The molecule has 7 heteroatoms. The van der Waals surface area contributed by atoms with Crippen LogP contribution >= 0.6 is 34.8 Å². The van der Waals surface area contributed by atoms with Gasteiger partial charge in [0.2, 0.25) is 3.79 Å². The average Bonchev–Trinajstić information content (AvgIpc) is 2.47. The molecule has 0 aliphatic heterocycles. The third kappa shape index (κ3) is 2.38. The number of nitrogens with zero attached hydrogens (tertiary/aromatic N) is 3. The highest BCUT2D eigenvalue weighted by Crippen LogP contribution is 2.38. The standard InChI is InChI=1S/C7H8Cl3N3O/c1-2-3-13-6(7(8,9)10)5(4-14)11-12-13/h4H,2-3H2,1H3. The SMILES string of the molecule is CCCn1nnc(C=O)c1C(Cl)(Cl)Cl. The van der Waals surface area contributed by atoms with E-state index in [0.717, 1.165) is 6.42 Å². The summed E-state index contributed by atoms with van der Waals surface area (Å²) in [7, 11) is 0. The molecule has 0 spiro atoms. The van der Waals surface area contributed by atoms with Crippen LogP contribution < -0.4 is 0 Å². The molecule has 0 N–H and O–H groups in total. The van der Waals surface area contributed by atoms with Crippen LogP contribution in [-0.4, -0.2) is 21.3 Å². The van der Waals surface area contributed by atoms with Crippen LogP contribution in [0.4, 0.5) is 0 Å². The molecule has 0 bridgehead atoms. The average molecular weight is 257 g/mol. The number of hydrogen-bond acceptors (Lipinski definition) is 3. The van der Waals surface area contributed by atoms with Crippen molar-refractivity contribution in [2.45, 2.75) is 23.7 Å². The molecule has 0 aliphatic rings. The number of rotatable bonds is 3. The summed E-state index contributed by atoms with van der Waals surface area (Å²) >= 11 is 17.1. The zero-order chi connectivity index (χ0) is 10.8. The van der Waals surface area contributed by atoms with E-state index in [4.69, 9.17) is 34.8 Å².